The predicted molar refractivity (Wildman–Crippen MR) is 81.7 cm³/mol. The Kier molecular flexibility index (Phi) is 7.42. The Morgan fingerprint density at radius 2 is 2.00 bits per heavy atom. The van der Waals surface area contributed by atoms with Crippen LogP contribution in [-0.2, 0) is 16.1 Å². The van der Waals surface area contributed by atoms with Crippen molar-refractivity contribution in [2.24, 2.45) is 0 Å². The lowest BCUT2D eigenvalue weighted by Crippen LogP contribution is -2.35. The summed E-state index contributed by atoms with van der Waals surface area (Å²) >= 11 is 5.16. The first-order chi connectivity index (χ1) is 9.67. The Balaban J connectivity index is 2.24. The molecule has 0 unspecified atom stereocenters. The fraction of sp³-hybridized carbons (Fsp3) is 0.429. The molecule has 2 N–H and O–H groups in total. The Morgan fingerprint density at radius 1 is 1.25 bits per heavy atom. The van der Waals surface area contributed by atoms with Crippen molar-refractivity contribution in [1.29, 1.82) is 0 Å². The van der Waals surface area contributed by atoms with E-state index in [1.54, 1.807) is 7.11 Å². The Bertz CT molecular complexity index is 452. The monoisotopic (exact) mass is 296 g/mol. The van der Waals surface area contributed by atoms with E-state index in [0.29, 0.717) is 31.0 Å². The van der Waals surface area contributed by atoms with Crippen molar-refractivity contribution < 1.29 is 14.3 Å². The molecular weight excluding hydrogens is 276 g/mol. The molecule has 0 amide bonds. The van der Waals surface area contributed by atoms with Crippen LogP contribution in [0.5, 0.6) is 5.75 Å². The second-order valence-corrected chi connectivity index (χ2v) is 4.51. The smallest absolute Gasteiger partial charge is 0.305 e. The third kappa shape index (κ3) is 5.88. The zero-order chi connectivity index (χ0) is 14.8. The molecule has 0 aliphatic rings. The van der Waals surface area contributed by atoms with E-state index in [1.807, 2.05) is 24.3 Å². The van der Waals surface area contributed by atoms with Crippen molar-refractivity contribution in [3.8, 4) is 5.75 Å². The van der Waals surface area contributed by atoms with Gasteiger partial charge >= 0.3 is 5.97 Å². The van der Waals surface area contributed by atoms with Gasteiger partial charge in [0.2, 0.25) is 0 Å². The van der Waals surface area contributed by atoms with Crippen molar-refractivity contribution in [3.63, 3.8) is 0 Å². The van der Waals surface area contributed by atoms with Gasteiger partial charge in [0.05, 0.1) is 14.2 Å². The molecule has 0 fully saturated rings. The molecule has 110 valence electrons. The molecule has 0 radical (unpaired) electrons. The van der Waals surface area contributed by atoms with Gasteiger partial charge in [-0.15, -0.1) is 0 Å². The normalized spacial score (nSPS) is 9.70. The number of nitrogens with one attached hydrogen (secondary N) is 2. The molecule has 20 heavy (non-hydrogen) atoms. The summed E-state index contributed by atoms with van der Waals surface area (Å²) in [4.78, 5) is 10.9. The number of hydrogen-bond donors (Lipinski definition) is 2. The number of methoxy groups -OCH3 is 2. The van der Waals surface area contributed by atoms with Gasteiger partial charge < -0.3 is 20.1 Å². The SMILES string of the molecule is COC(=O)CCCNC(=S)NCc1ccccc1OC. The molecule has 1 aromatic carbocycles. The van der Waals surface area contributed by atoms with Crippen molar-refractivity contribution in [1.82, 2.24) is 10.6 Å². The Morgan fingerprint density at radius 3 is 2.70 bits per heavy atom. The molecular formula is C14H20N2O3S. The lowest BCUT2D eigenvalue weighted by Gasteiger charge is -2.12. The molecule has 0 heterocycles. The van der Waals surface area contributed by atoms with Crippen LogP contribution in [0.25, 0.3) is 0 Å². The third-order valence-corrected chi connectivity index (χ3v) is 2.99. The largest absolute Gasteiger partial charge is 0.496 e. The Labute approximate surface area is 124 Å². The van der Waals surface area contributed by atoms with E-state index in [4.69, 9.17) is 17.0 Å². The maximum Gasteiger partial charge on any atom is 0.305 e. The van der Waals surface area contributed by atoms with Gasteiger partial charge in [0.1, 0.15) is 5.75 Å². The first-order valence-electron chi connectivity index (χ1n) is 6.37. The summed E-state index contributed by atoms with van der Waals surface area (Å²) in [6, 6.07) is 7.76. The molecule has 1 aromatic rings. The maximum absolute atomic E-state index is 10.9. The number of para-hydroxylation sites is 1. The van der Waals surface area contributed by atoms with Crippen LogP contribution in [0, 0.1) is 0 Å². The van der Waals surface area contributed by atoms with Gasteiger partial charge in [0, 0.05) is 25.1 Å². The van der Waals surface area contributed by atoms with E-state index in [2.05, 4.69) is 15.4 Å². The quantitative estimate of drug-likeness (QED) is 0.453. The molecule has 1 rings (SSSR count). The minimum absolute atomic E-state index is 0.209. The zero-order valence-corrected chi connectivity index (χ0v) is 12.6. The number of carbonyl (C=O) groups excluding carboxylic acids is 1. The highest BCUT2D eigenvalue weighted by atomic mass is 32.1. The molecule has 0 aliphatic heterocycles. The standard InChI is InChI=1S/C14H20N2O3S/c1-18-12-7-4-3-6-11(12)10-16-14(20)15-9-5-8-13(17)19-2/h3-4,6-7H,5,8-10H2,1-2H3,(H2,15,16,20). The molecule has 0 saturated heterocycles. The summed E-state index contributed by atoms with van der Waals surface area (Å²) in [5.41, 5.74) is 1.04. The predicted octanol–water partition coefficient (Wildman–Crippen LogP) is 1.61. The molecule has 0 bridgehead atoms. The maximum atomic E-state index is 10.9. The van der Waals surface area contributed by atoms with Gasteiger partial charge in [0.25, 0.3) is 0 Å². The number of benzene rings is 1. The van der Waals surface area contributed by atoms with Crippen LogP contribution in [0.4, 0.5) is 0 Å². The van der Waals surface area contributed by atoms with Crippen LogP contribution in [-0.4, -0.2) is 31.8 Å². The van der Waals surface area contributed by atoms with Crippen LogP contribution in [0.1, 0.15) is 18.4 Å². The summed E-state index contributed by atoms with van der Waals surface area (Å²) in [5.74, 6) is 0.619. The van der Waals surface area contributed by atoms with Crippen molar-refractivity contribution in [3.05, 3.63) is 29.8 Å². The van der Waals surface area contributed by atoms with Gasteiger partial charge in [-0.05, 0) is 24.7 Å². The van der Waals surface area contributed by atoms with Crippen molar-refractivity contribution in [2.75, 3.05) is 20.8 Å². The molecule has 0 aliphatic carbocycles. The first kappa shape index (κ1) is 16.2. The van der Waals surface area contributed by atoms with E-state index in [9.17, 15) is 4.79 Å². The number of thiocarbonyl (C=S) groups is 1. The average molecular weight is 296 g/mol. The molecule has 0 aromatic heterocycles. The number of rotatable bonds is 7. The summed E-state index contributed by atoms with van der Waals surface area (Å²) in [5, 5.41) is 6.70. The highest BCUT2D eigenvalue weighted by Gasteiger charge is 2.03. The fourth-order valence-corrected chi connectivity index (χ4v) is 1.80. The summed E-state index contributed by atoms with van der Waals surface area (Å²) in [6.07, 6.45) is 1.07. The van der Waals surface area contributed by atoms with Crippen LogP contribution in [0.2, 0.25) is 0 Å². The van der Waals surface area contributed by atoms with E-state index in [0.717, 1.165) is 11.3 Å². The second-order valence-electron chi connectivity index (χ2n) is 4.10. The summed E-state index contributed by atoms with van der Waals surface area (Å²) in [6.45, 7) is 1.22. The lowest BCUT2D eigenvalue weighted by molar-refractivity contribution is -0.140. The lowest BCUT2D eigenvalue weighted by atomic mass is 10.2. The summed E-state index contributed by atoms with van der Waals surface area (Å²) < 4.78 is 9.82. The minimum Gasteiger partial charge on any atom is -0.496 e. The van der Waals surface area contributed by atoms with Gasteiger partial charge in [0.15, 0.2) is 5.11 Å². The van der Waals surface area contributed by atoms with E-state index >= 15 is 0 Å². The summed E-state index contributed by atoms with van der Waals surface area (Å²) in [7, 11) is 3.03. The molecule has 5 nitrogen and oxygen atoms in total. The van der Waals surface area contributed by atoms with Gasteiger partial charge in [-0.25, -0.2) is 0 Å². The van der Waals surface area contributed by atoms with E-state index < -0.39 is 0 Å². The van der Waals surface area contributed by atoms with Crippen LogP contribution in [0.15, 0.2) is 24.3 Å². The number of esters is 1. The average Bonchev–Trinajstić information content (AvgIpc) is 2.49. The van der Waals surface area contributed by atoms with Crippen LogP contribution >= 0.6 is 12.2 Å². The fourth-order valence-electron chi connectivity index (χ4n) is 1.62. The second kappa shape index (κ2) is 9.14. The third-order valence-electron chi connectivity index (χ3n) is 2.70. The molecule has 0 spiro atoms. The molecule has 6 heteroatoms. The zero-order valence-electron chi connectivity index (χ0n) is 11.8. The van der Waals surface area contributed by atoms with Crippen molar-refractivity contribution in [2.45, 2.75) is 19.4 Å². The first-order valence-corrected chi connectivity index (χ1v) is 6.78. The van der Waals surface area contributed by atoms with Gasteiger partial charge in [-0.1, -0.05) is 18.2 Å². The van der Waals surface area contributed by atoms with Crippen molar-refractivity contribution >= 4 is 23.3 Å². The molecule has 0 atom stereocenters. The number of ether oxygens (including phenoxy) is 2. The van der Waals surface area contributed by atoms with E-state index in [-0.39, 0.29) is 5.97 Å². The molecule has 0 saturated carbocycles. The highest BCUT2D eigenvalue weighted by molar-refractivity contribution is 7.80. The minimum atomic E-state index is -0.209. The number of carbonyl (C=O) groups is 1. The van der Waals surface area contributed by atoms with Gasteiger partial charge in [-0.3, -0.25) is 4.79 Å². The number of hydrogen-bond acceptors (Lipinski definition) is 4. The van der Waals surface area contributed by atoms with Crippen LogP contribution in [0.3, 0.4) is 0 Å². The van der Waals surface area contributed by atoms with Crippen LogP contribution < -0.4 is 15.4 Å². The van der Waals surface area contributed by atoms with Gasteiger partial charge in [-0.2, -0.15) is 0 Å². The van der Waals surface area contributed by atoms with E-state index in [1.165, 1.54) is 7.11 Å². The Hall–Kier alpha value is -1.82. The topological polar surface area (TPSA) is 59.6 Å². The highest BCUT2D eigenvalue weighted by Crippen LogP contribution is 2.16.